The molecule has 4 nitrogen and oxygen atoms in total. The van der Waals surface area contributed by atoms with Crippen LogP contribution in [0.25, 0.3) is 0 Å². The molecular weight excluding hydrogens is 226 g/mol. The van der Waals surface area contributed by atoms with Gasteiger partial charge >= 0.3 is 0 Å². The van der Waals surface area contributed by atoms with E-state index in [4.69, 9.17) is 0 Å². The molecule has 0 radical (unpaired) electrons. The fourth-order valence-corrected chi connectivity index (χ4v) is 2.84. The van der Waals surface area contributed by atoms with Crippen LogP contribution in [0.1, 0.15) is 38.5 Å². The molecule has 0 unspecified atom stereocenters. The van der Waals surface area contributed by atoms with Crippen molar-refractivity contribution in [1.29, 1.82) is 0 Å². The molecule has 102 valence electrons. The average molecular weight is 251 g/mol. The molecule has 3 fully saturated rings. The summed E-state index contributed by atoms with van der Waals surface area (Å²) >= 11 is 0. The lowest BCUT2D eigenvalue weighted by molar-refractivity contribution is -0.121. The topological polar surface area (TPSA) is 44.4 Å². The predicted octanol–water partition coefficient (Wildman–Crippen LogP) is 0.729. The van der Waals surface area contributed by atoms with Gasteiger partial charge in [0.15, 0.2) is 0 Å². The summed E-state index contributed by atoms with van der Waals surface area (Å²) in [6.45, 7) is 3.86. The predicted molar refractivity (Wildman–Crippen MR) is 71.4 cm³/mol. The lowest BCUT2D eigenvalue weighted by Gasteiger charge is -2.32. The molecule has 0 atom stereocenters. The van der Waals surface area contributed by atoms with Crippen LogP contribution in [0.15, 0.2) is 0 Å². The lowest BCUT2D eigenvalue weighted by Crippen LogP contribution is -2.47. The van der Waals surface area contributed by atoms with Gasteiger partial charge in [-0.1, -0.05) is 0 Å². The Morgan fingerprint density at radius 1 is 1.06 bits per heavy atom. The van der Waals surface area contributed by atoms with Crippen molar-refractivity contribution in [3.05, 3.63) is 0 Å². The van der Waals surface area contributed by atoms with E-state index in [1.807, 2.05) is 0 Å². The molecule has 0 aromatic rings. The summed E-state index contributed by atoms with van der Waals surface area (Å²) in [6, 6.07) is 1.29. The van der Waals surface area contributed by atoms with Crippen LogP contribution in [-0.4, -0.2) is 49.1 Å². The fourth-order valence-electron chi connectivity index (χ4n) is 2.84. The maximum Gasteiger partial charge on any atom is 0.234 e. The van der Waals surface area contributed by atoms with Crippen LogP contribution in [0, 0.1) is 5.92 Å². The van der Waals surface area contributed by atoms with Crippen LogP contribution in [0.4, 0.5) is 0 Å². The van der Waals surface area contributed by atoms with Crippen molar-refractivity contribution in [1.82, 2.24) is 15.5 Å². The fraction of sp³-hybridized carbons (Fsp3) is 0.929. The number of carbonyl (C=O) groups excluding carboxylic acids is 1. The number of hydrogen-bond acceptors (Lipinski definition) is 3. The largest absolute Gasteiger partial charge is 0.352 e. The third kappa shape index (κ3) is 3.69. The molecule has 4 heteroatoms. The molecule has 1 aliphatic heterocycles. The summed E-state index contributed by atoms with van der Waals surface area (Å²) in [6.07, 6.45) is 7.72. The maximum absolute atomic E-state index is 11.8. The molecule has 2 saturated carbocycles. The van der Waals surface area contributed by atoms with Gasteiger partial charge in [0.25, 0.3) is 0 Å². The highest BCUT2D eigenvalue weighted by atomic mass is 16.1. The highest BCUT2D eigenvalue weighted by molar-refractivity contribution is 5.78. The molecule has 3 rings (SSSR count). The van der Waals surface area contributed by atoms with Crippen LogP contribution in [-0.2, 0) is 4.79 Å². The highest BCUT2D eigenvalue weighted by Gasteiger charge is 2.32. The first kappa shape index (κ1) is 12.4. The van der Waals surface area contributed by atoms with E-state index in [1.54, 1.807) is 0 Å². The van der Waals surface area contributed by atoms with Crippen molar-refractivity contribution in [3.63, 3.8) is 0 Å². The number of amides is 1. The van der Waals surface area contributed by atoms with E-state index in [0.29, 0.717) is 12.6 Å². The molecule has 1 heterocycles. The Labute approximate surface area is 109 Å². The van der Waals surface area contributed by atoms with Crippen molar-refractivity contribution >= 4 is 5.91 Å². The molecule has 18 heavy (non-hydrogen) atoms. The third-order valence-electron chi connectivity index (χ3n) is 4.37. The summed E-state index contributed by atoms with van der Waals surface area (Å²) in [7, 11) is 0. The van der Waals surface area contributed by atoms with Crippen LogP contribution >= 0.6 is 0 Å². The second-order valence-corrected chi connectivity index (χ2v) is 6.18. The lowest BCUT2D eigenvalue weighted by atomic mass is 10.0. The van der Waals surface area contributed by atoms with Gasteiger partial charge in [-0.2, -0.15) is 0 Å². The maximum atomic E-state index is 11.8. The number of likely N-dealkylation sites (tertiary alicyclic amines) is 1. The first-order chi connectivity index (χ1) is 8.81. The Morgan fingerprint density at radius 2 is 1.78 bits per heavy atom. The Hall–Kier alpha value is -0.610. The van der Waals surface area contributed by atoms with E-state index in [0.717, 1.165) is 31.3 Å². The van der Waals surface area contributed by atoms with Crippen molar-refractivity contribution in [2.75, 3.05) is 26.2 Å². The third-order valence-corrected chi connectivity index (χ3v) is 4.37. The zero-order valence-electron chi connectivity index (χ0n) is 11.2. The number of hydrogen-bond donors (Lipinski definition) is 2. The monoisotopic (exact) mass is 251 g/mol. The van der Waals surface area contributed by atoms with Crippen molar-refractivity contribution in [3.8, 4) is 0 Å². The Kier molecular flexibility index (Phi) is 3.85. The number of carbonyl (C=O) groups is 1. The second kappa shape index (κ2) is 5.57. The van der Waals surface area contributed by atoms with Gasteiger partial charge in [-0.3, -0.25) is 4.79 Å². The van der Waals surface area contributed by atoms with Crippen LogP contribution in [0.5, 0.6) is 0 Å². The minimum Gasteiger partial charge on any atom is -0.352 e. The van der Waals surface area contributed by atoms with Crippen molar-refractivity contribution in [2.24, 2.45) is 5.92 Å². The van der Waals surface area contributed by atoms with Gasteiger partial charge < -0.3 is 15.5 Å². The minimum absolute atomic E-state index is 0.181. The zero-order chi connectivity index (χ0) is 12.4. The van der Waals surface area contributed by atoms with Crippen LogP contribution < -0.4 is 10.6 Å². The summed E-state index contributed by atoms with van der Waals surface area (Å²) in [5, 5.41) is 6.42. The number of piperidine rings is 1. The Balaban J connectivity index is 1.28. The quantitative estimate of drug-likeness (QED) is 0.731. The van der Waals surface area contributed by atoms with Gasteiger partial charge in [0.1, 0.15) is 0 Å². The summed E-state index contributed by atoms with van der Waals surface area (Å²) < 4.78 is 0. The van der Waals surface area contributed by atoms with Crippen molar-refractivity contribution in [2.45, 2.75) is 50.6 Å². The molecule has 0 spiro atoms. The second-order valence-electron chi connectivity index (χ2n) is 6.18. The van der Waals surface area contributed by atoms with E-state index in [9.17, 15) is 4.79 Å². The zero-order valence-corrected chi connectivity index (χ0v) is 11.2. The number of nitrogens with zero attached hydrogens (tertiary/aromatic N) is 1. The van der Waals surface area contributed by atoms with Crippen molar-refractivity contribution < 1.29 is 4.79 Å². The molecule has 0 aromatic carbocycles. The van der Waals surface area contributed by atoms with Gasteiger partial charge in [-0.25, -0.2) is 0 Å². The molecule has 0 bridgehead atoms. The average Bonchev–Trinajstić information content (AvgIpc) is 3.24. The molecular formula is C14H25N3O. The Morgan fingerprint density at radius 3 is 2.39 bits per heavy atom. The first-order valence-corrected chi connectivity index (χ1v) is 7.55. The van der Waals surface area contributed by atoms with E-state index < -0.39 is 0 Å². The van der Waals surface area contributed by atoms with Crippen LogP contribution in [0.3, 0.4) is 0 Å². The van der Waals surface area contributed by atoms with Gasteiger partial charge in [-0.15, -0.1) is 0 Å². The summed E-state index contributed by atoms with van der Waals surface area (Å²) in [5.41, 5.74) is 0. The van der Waals surface area contributed by atoms with Gasteiger partial charge in [0.05, 0.1) is 6.54 Å². The van der Waals surface area contributed by atoms with E-state index in [2.05, 4.69) is 15.5 Å². The van der Waals surface area contributed by atoms with Gasteiger partial charge in [0.2, 0.25) is 5.91 Å². The standard InChI is InChI=1S/C14H25N3O/c18-14(10-15-9-11-1-2-11)16-12-5-7-17(8-6-12)13-3-4-13/h11-13,15H,1-10H2,(H,16,18). The Bertz CT molecular complexity index is 291. The smallest absolute Gasteiger partial charge is 0.234 e. The van der Waals surface area contributed by atoms with E-state index in [1.165, 1.54) is 38.8 Å². The molecule has 1 saturated heterocycles. The van der Waals surface area contributed by atoms with Crippen LogP contribution in [0.2, 0.25) is 0 Å². The first-order valence-electron chi connectivity index (χ1n) is 7.55. The molecule has 2 aliphatic carbocycles. The molecule has 1 amide bonds. The highest BCUT2D eigenvalue weighted by Crippen LogP contribution is 2.29. The molecule has 3 aliphatic rings. The van der Waals surface area contributed by atoms with Gasteiger partial charge in [-0.05, 0) is 51.0 Å². The molecule has 2 N–H and O–H groups in total. The molecule has 0 aromatic heterocycles. The summed E-state index contributed by atoms with van der Waals surface area (Å²) in [5.74, 6) is 1.03. The van der Waals surface area contributed by atoms with Gasteiger partial charge in [0, 0.05) is 25.2 Å². The number of rotatable bonds is 6. The number of nitrogens with one attached hydrogen (secondary N) is 2. The van der Waals surface area contributed by atoms with E-state index in [-0.39, 0.29) is 5.91 Å². The summed E-state index contributed by atoms with van der Waals surface area (Å²) in [4.78, 5) is 14.3. The normalized spacial score (nSPS) is 26.2. The van der Waals surface area contributed by atoms with E-state index >= 15 is 0 Å². The SMILES string of the molecule is O=C(CNCC1CC1)NC1CCN(C2CC2)CC1. The minimum atomic E-state index is 0.181.